The summed E-state index contributed by atoms with van der Waals surface area (Å²) in [5, 5.41) is 30.5. The third-order valence-electron chi connectivity index (χ3n) is 10.3. The quantitative estimate of drug-likeness (QED) is 0.406. The van der Waals surface area contributed by atoms with Gasteiger partial charge in [0.05, 0.1) is 49.6 Å². The lowest BCUT2D eigenvalue weighted by Crippen LogP contribution is -2.56. The Morgan fingerprint density at radius 2 is 1.91 bits per heavy atom. The van der Waals surface area contributed by atoms with E-state index in [4.69, 9.17) is 9.47 Å². The van der Waals surface area contributed by atoms with E-state index in [2.05, 4.69) is 13.8 Å². The zero-order valence-electron chi connectivity index (χ0n) is 21.5. The average molecular weight is 492 g/mol. The fourth-order valence-electron chi connectivity index (χ4n) is 8.59. The summed E-state index contributed by atoms with van der Waals surface area (Å²) in [4.78, 5) is 28.3. The van der Waals surface area contributed by atoms with E-state index in [9.17, 15) is 24.9 Å². The highest BCUT2D eigenvalue weighted by Gasteiger charge is 2.73. The highest BCUT2D eigenvalue weighted by atomic mass is 16.5. The summed E-state index contributed by atoms with van der Waals surface area (Å²) < 4.78 is 13.0. The fraction of sp³-hybridized carbons (Fsp3) is 0.852. The molecule has 5 rings (SSSR count). The Morgan fingerprint density at radius 1 is 1.17 bits per heavy atom. The molecule has 0 aromatic carbocycles. The molecule has 8 nitrogen and oxygen atoms in total. The van der Waals surface area contributed by atoms with Crippen molar-refractivity contribution in [3.05, 3.63) is 11.6 Å². The minimum Gasteiger partial charge on any atom is -0.395 e. The maximum Gasteiger partial charge on any atom is 0.262 e. The molecule has 3 aliphatic heterocycles. The summed E-state index contributed by atoms with van der Waals surface area (Å²) in [6.45, 7) is 7.86. The summed E-state index contributed by atoms with van der Waals surface area (Å²) in [7, 11) is 0. The topological polar surface area (TPSA) is 117 Å². The summed E-state index contributed by atoms with van der Waals surface area (Å²) in [6, 6.07) is 0. The Labute approximate surface area is 207 Å². The SMILES string of the molecule is C/C(=C\[C@H]1C[C@H](C)[C@]2(CC[C@]3(C)C[C@H]4[C@]5(OC[C@@]4(C)O)C(=O)N(CCO)C(=O)[C@@H]5CC[C@H]32)O1)CO. The van der Waals surface area contributed by atoms with Crippen LogP contribution in [0.15, 0.2) is 11.6 Å². The Morgan fingerprint density at radius 3 is 2.60 bits per heavy atom. The number of hydrogen-bond acceptors (Lipinski definition) is 7. The smallest absolute Gasteiger partial charge is 0.262 e. The van der Waals surface area contributed by atoms with Gasteiger partial charge in [-0.1, -0.05) is 19.9 Å². The van der Waals surface area contributed by atoms with Crippen LogP contribution in [0.2, 0.25) is 0 Å². The van der Waals surface area contributed by atoms with E-state index in [-0.39, 0.29) is 55.3 Å². The highest BCUT2D eigenvalue weighted by Crippen LogP contribution is 2.66. The van der Waals surface area contributed by atoms with Gasteiger partial charge in [-0.3, -0.25) is 14.5 Å². The Bertz CT molecular complexity index is 932. The van der Waals surface area contributed by atoms with Crippen LogP contribution in [0.4, 0.5) is 0 Å². The van der Waals surface area contributed by atoms with Gasteiger partial charge in [-0.25, -0.2) is 0 Å². The molecule has 5 aliphatic rings. The normalized spacial score (nSPS) is 49.9. The van der Waals surface area contributed by atoms with Gasteiger partial charge in [0, 0.05) is 5.92 Å². The van der Waals surface area contributed by atoms with Crippen LogP contribution in [0.5, 0.6) is 0 Å². The Kier molecular flexibility index (Phi) is 6.04. The van der Waals surface area contributed by atoms with Gasteiger partial charge in [0.2, 0.25) is 5.91 Å². The maximum absolute atomic E-state index is 13.7. The minimum absolute atomic E-state index is 0.0173. The van der Waals surface area contributed by atoms with Gasteiger partial charge < -0.3 is 24.8 Å². The highest BCUT2D eigenvalue weighted by molar-refractivity contribution is 6.09. The standard InChI is InChI=1S/C27H41NO7/c1-16(14-30)11-18-12-17(2)26(35-18)8-7-24(3)13-21-25(4,33)15-34-27(21)19(5-6-20(24)26)22(31)28(9-10-29)23(27)32/h11,17-21,29-30,33H,5-10,12-15H2,1-4H3/b16-11+/t17-,18-,19-,20+,21+,24+,25+,26-,27-/m0/s1. The van der Waals surface area contributed by atoms with Gasteiger partial charge in [-0.05, 0) is 75.2 Å². The summed E-state index contributed by atoms with van der Waals surface area (Å²) in [6.07, 6.45) is 6.54. The molecule has 0 bridgehead atoms. The molecule has 2 saturated carbocycles. The third kappa shape index (κ3) is 3.43. The van der Waals surface area contributed by atoms with Gasteiger partial charge in [-0.2, -0.15) is 0 Å². The van der Waals surface area contributed by atoms with Gasteiger partial charge in [0.25, 0.3) is 5.91 Å². The van der Waals surface area contributed by atoms with Crippen molar-refractivity contribution in [1.82, 2.24) is 4.90 Å². The third-order valence-corrected chi connectivity index (χ3v) is 10.3. The molecule has 9 atom stereocenters. The van der Waals surface area contributed by atoms with E-state index in [1.165, 1.54) is 0 Å². The number of rotatable bonds is 4. The van der Waals surface area contributed by atoms with E-state index in [1.54, 1.807) is 6.92 Å². The van der Waals surface area contributed by atoms with E-state index in [1.807, 2.05) is 13.0 Å². The first-order chi connectivity index (χ1) is 16.4. The van der Waals surface area contributed by atoms with Crippen molar-refractivity contribution in [2.24, 2.45) is 29.1 Å². The molecule has 0 radical (unpaired) electrons. The number of ether oxygens (including phenoxy) is 2. The molecule has 5 fully saturated rings. The molecule has 3 N–H and O–H groups in total. The van der Waals surface area contributed by atoms with Gasteiger partial charge in [0.15, 0.2) is 5.60 Å². The first-order valence-electron chi connectivity index (χ1n) is 13.2. The van der Waals surface area contributed by atoms with E-state index in [0.29, 0.717) is 18.8 Å². The van der Waals surface area contributed by atoms with E-state index < -0.39 is 28.9 Å². The number of imide groups is 1. The van der Waals surface area contributed by atoms with Crippen LogP contribution in [0, 0.1) is 29.1 Å². The molecular formula is C27H41NO7. The number of aliphatic hydroxyl groups is 3. The molecule has 2 amide bonds. The van der Waals surface area contributed by atoms with Crippen molar-refractivity contribution >= 4 is 11.8 Å². The number of carbonyl (C=O) groups is 2. The molecule has 196 valence electrons. The van der Waals surface area contributed by atoms with Crippen molar-refractivity contribution in [3.8, 4) is 0 Å². The van der Waals surface area contributed by atoms with Crippen LogP contribution in [0.3, 0.4) is 0 Å². The van der Waals surface area contributed by atoms with Crippen molar-refractivity contribution in [2.75, 3.05) is 26.4 Å². The number of hydrogen-bond donors (Lipinski definition) is 3. The van der Waals surface area contributed by atoms with Crippen molar-refractivity contribution in [2.45, 2.75) is 89.1 Å². The molecule has 3 heterocycles. The minimum atomic E-state index is -1.36. The molecule has 0 unspecified atom stereocenters. The van der Waals surface area contributed by atoms with Crippen LogP contribution >= 0.6 is 0 Å². The van der Waals surface area contributed by atoms with Gasteiger partial charge in [0.1, 0.15) is 0 Å². The zero-order valence-corrected chi connectivity index (χ0v) is 21.5. The molecule has 2 aliphatic carbocycles. The number of carbonyl (C=O) groups excluding carboxylic acids is 2. The van der Waals surface area contributed by atoms with Crippen LogP contribution < -0.4 is 0 Å². The van der Waals surface area contributed by atoms with Gasteiger partial charge >= 0.3 is 0 Å². The number of amides is 2. The average Bonchev–Trinajstić information content (AvgIpc) is 3.41. The Balaban J connectivity index is 1.53. The van der Waals surface area contributed by atoms with Crippen molar-refractivity contribution in [3.63, 3.8) is 0 Å². The monoisotopic (exact) mass is 491 g/mol. The molecular weight excluding hydrogens is 450 g/mol. The first-order valence-corrected chi connectivity index (χ1v) is 13.2. The maximum atomic E-state index is 13.7. The van der Waals surface area contributed by atoms with Crippen molar-refractivity contribution < 1.29 is 34.4 Å². The van der Waals surface area contributed by atoms with E-state index in [0.717, 1.165) is 36.2 Å². The van der Waals surface area contributed by atoms with Gasteiger partial charge in [-0.15, -0.1) is 0 Å². The molecule has 0 aromatic heterocycles. The fourth-order valence-corrected chi connectivity index (χ4v) is 8.59. The van der Waals surface area contributed by atoms with Crippen molar-refractivity contribution in [1.29, 1.82) is 0 Å². The second kappa shape index (κ2) is 8.35. The van der Waals surface area contributed by atoms with Crippen LogP contribution in [0.1, 0.15) is 66.2 Å². The van der Waals surface area contributed by atoms with Crippen LogP contribution in [-0.2, 0) is 19.1 Å². The van der Waals surface area contributed by atoms with Crippen LogP contribution in [0.25, 0.3) is 0 Å². The molecule has 3 saturated heterocycles. The lowest BCUT2D eigenvalue weighted by Gasteiger charge is -2.48. The summed E-state index contributed by atoms with van der Waals surface area (Å²) in [5.41, 5.74) is -2.18. The number of β-amino-alcohol motifs (C(OH)–C–C–N with tert-alkyl or cyclic N) is 1. The second-order valence-electron chi connectivity index (χ2n) is 12.5. The zero-order chi connectivity index (χ0) is 25.4. The Hall–Kier alpha value is -1.32. The lowest BCUT2D eigenvalue weighted by atomic mass is 9.57. The molecule has 35 heavy (non-hydrogen) atoms. The molecule has 2 spiro atoms. The number of likely N-dealkylation sites (tertiary alicyclic amines) is 1. The number of nitrogens with zero attached hydrogens (tertiary/aromatic N) is 1. The second-order valence-corrected chi connectivity index (χ2v) is 12.5. The van der Waals surface area contributed by atoms with E-state index >= 15 is 0 Å². The molecule has 8 heteroatoms. The lowest BCUT2D eigenvalue weighted by molar-refractivity contribution is -0.158. The molecule has 0 aromatic rings. The summed E-state index contributed by atoms with van der Waals surface area (Å²) >= 11 is 0. The predicted molar refractivity (Wildman–Crippen MR) is 127 cm³/mol. The number of aliphatic hydroxyl groups excluding tert-OH is 2. The first kappa shape index (κ1) is 25.3. The predicted octanol–water partition coefficient (Wildman–Crippen LogP) is 1.80. The van der Waals surface area contributed by atoms with Crippen LogP contribution in [-0.4, -0.2) is 81.3 Å². The largest absolute Gasteiger partial charge is 0.395 e. The number of fused-ring (bicyclic) bond motifs is 2. The summed E-state index contributed by atoms with van der Waals surface area (Å²) in [5.74, 6) is -1.35.